The molecule has 1 aromatic rings. The third-order valence-electron chi connectivity index (χ3n) is 4.18. The first-order valence-corrected chi connectivity index (χ1v) is 7.01. The monoisotopic (exact) mass is 300 g/mol. The van der Waals surface area contributed by atoms with Crippen molar-refractivity contribution in [1.82, 2.24) is 15.1 Å². The molecule has 6 heteroatoms. The summed E-state index contributed by atoms with van der Waals surface area (Å²) in [5.41, 5.74) is 9.30. The van der Waals surface area contributed by atoms with Crippen molar-refractivity contribution in [2.75, 3.05) is 6.54 Å². The number of rotatable bonds is 4. The topological polar surface area (TPSA) is 72.9 Å². The van der Waals surface area contributed by atoms with Gasteiger partial charge in [-0.05, 0) is 45.1 Å². The van der Waals surface area contributed by atoms with E-state index in [4.69, 9.17) is 5.73 Å². The highest BCUT2D eigenvalue weighted by Gasteiger charge is 2.27. The fourth-order valence-electron chi connectivity index (χ4n) is 2.89. The Bertz CT molecular complexity index is 472. The number of aryl methyl sites for hydroxylation is 2. The van der Waals surface area contributed by atoms with Gasteiger partial charge in [-0.2, -0.15) is 5.10 Å². The number of hydrogen-bond donors (Lipinski definition) is 2. The summed E-state index contributed by atoms with van der Waals surface area (Å²) >= 11 is 0. The van der Waals surface area contributed by atoms with Crippen molar-refractivity contribution < 1.29 is 4.79 Å². The molecule has 1 aliphatic carbocycles. The normalized spacial score (nSPS) is 21.6. The van der Waals surface area contributed by atoms with Crippen LogP contribution < -0.4 is 11.1 Å². The van der Waals surface area contributed by atoms with Gasteiger partial charge in [0.05, 0.1) is 5.69 Å². The van der Waals surface area contributed by atoms with Gasteiger partial charge in [0.1, 0.15) is 0 Å². The van der Waals surface area contributed by atoms with E-state index in [1.54, 1.807) is 0 Å². The van der Waals surface area contributed by atoms with E-state index in [1.807, 2.05) is 18.7 Å². The molecule has 5 nitrogen and oxygen atoms in total. The van der Waals surface area contributed by atoms with Gasteiger partial charge < -0.3 is 11.1 Å². The van der Waals surface area contributed by atoms with Crippen LogP contribution in [-0.4, -0.2) is 28.3 Å². The Morgan fingerprint density at radius 1 is 1.45 bits per heavy atom. The number of nitrogens with two attached hydrogens (primary N) is 1. The molecule has 0 bridgehead atoms. The van der Waals surface area contributed by atoms with Crippen LogP contribution in [0.2, 0.25) is 0 Å². The predicted molar refractivity (Wildman–Crippen MR) is 82.0 cm³/mol. The van der Waals surface area contributed by atoms with Crippen molar-refractivity contribution in [2.24, 2.45) is 18.7 Å². The van der Waals surface area contributed by atoms with Crippen molar-refractivity contribution in [2.45, 2.75) is 45.6 Å². The number of amides is 1. The van der Waals surface area contributed by atoms with Gasteiger partial charge in [0.2, 0.25) is 5.91 Å². The van der Waals surface area contributed by atoms with E-state index < -0.39 is 0 Å². The molecule has 0 radical (unpaired) electrons. The summed E-state index contributed by atoms with van der Waals surface area (Å²) in [6.07, 6.45) is 3.57. The maximum Gasteiger partial charge on any atom is 0.223 e. The number of carbonyl (C=O) groups is 1. The van der Waals surface area contributed by atoms with Crippen LogP contribution in [0.4, 0.5) is 0 Å². The number of nitrogens with one attached hydrogen (secondary N) is 1. The lowest BCUT2D eigenvalue weighted by molar-refractivity contribution is -0.124. The molecule has 0 aromatic carbocycles. The number of aromatic nitrogens is 2. The highest BCUT2D eigenvalue weighted by molar-refractivity contribution is 5.85. The zero-order valence-corrected chi connectivity index (χ0v) is 13.3. The van der Waals surface area contributed by atoms with E-state index in [-0.39, 0.29) is 30.3 Å². The summed E-state index contributed by atoms with van der Waals surface area (Å²) in [4.78, 5) is 12.0. The predicted octanol–water partition coefficient (Wildman–Crippen LogP) is 1.24. The number of halogens is 1. The third kappa shape index (κ3) is 3.73. The molecule has 1 aromatic heterocycles. The first-order chi connectivity index (χ1) is 8.99. The van der Waals surface area contributed by atoms with Crippen molar-refractivity contribution in [3.05, 3.63) is 17.0 Å². The van der Waals surface area contributed by atoms with Gasteiger partial charge in [0, 0.05) is 31.2 Å². The van der Waals surface area contributed by atoms with E-state index in [0.29, 0.717) is 6.54 Å². The fraction of sp³-hybridized carbons (Fsp3) is 0.714. The molecule has 0 saturated heterocycles. The molecule has 0 aliphatic heterocycles. The smallest absolute Gasteiger partial charge is 0.223 e. The van der Waals surface area contributed by atoms with E-state index in [1.165, 1.54) is 11.3 Å². The molecule has 2 unspecified atom stereocenters. The Morgan fingerprint density at radius 2 is 2.15 bits per heavy atom. The molecule has 0 spiro atoms. The summed E-state index contributed by atoms with van der Waals surface area (Å²) in [5.74, 6) is 0.276. The van der Waals surface area contributed by atoms with Gasteiger partial charge >= 0.3 is 0 Å². The lowest BCUT2D eigenvalue weighted by atomic mass is 10.1. The van der Waals surface area contributed by atoms with Crippen LogP contribution in [0.5, 0.6) is 0 Å². The van der Waals surface area contributed by atoms with Crippen LogP contribution in [0.15, 0.2) is 0 Å². The molecular formula is C14H25ClN4O. The first kappa shape index (κ1) is 17.0. The molecule has 1 fully saturated rings. The average Bonchev–Trinajstić information content (AvgIpc) is 2.88. The van der Waals surface area contributed by atoms with Crippen LogP contribution in [0.3, 0.4) is 0 Å². The Labute approximate surface area is 126 Å². The fourth-order valence-corrected chi connectivity index (χ4v) is 2.89. The summed E-state index contributed by atoms with van der Waals surface area (Å²) in [7, 11) is 1.95. The van der Waals surface area contributed by atoms with Gasteiger partial charge in [0.15, 0.2) is 0 Å². The average molecular weight is 301 g/mol. The van der Waals surface area contributed by atoms with Crippen molar-refractivity contribution in [3.63, 3.8) is 0 Å². The Balaban J connectivity index is 0.00000200. The second kappa shape index (κ2) is 7.09. The summed E-state index contributed by atoms with van der Waals surface area (Å²) in [6.45, 7) is 4.76. The summed E-state index contributed by atoms with van der Waals surface area (Å²) < 4.78 is 1.89. The second-order valence-electron chi connectivity index (χ2n) is 5.58. The van der Waals surface area contributed by atoms with Crippen molar-refractivity contribution in [1.29, 1.82) is 0 Å². The van der Waals surface area contributed by atoms with Crippen molar-refractivity contribution in [3.8, 4) is 0 Å². The van der Waals surface area contributed by atoms with Gasteiger partial charge in [-0.15, -0.1) is 12.4 Å². The van der Waals surface area contributed by atoms with Gasteiger partial charge in [-0.3, -0.25) is 9.48 Å². The standard InChI is InChI=1S/C14H24N4O.ClH/c1-9-13(10(2)18(3)17-9)6-7-16-14(19)11-4-5-12(15)8-11;/h11-12H,4-8,15H2,1-3H3,(H,16,19);1H. The lowest BCUT2D eigenvalue weighted by Crippen LogP contribution is -2.32. The molecule has 3 N–H and O–H groups in total. The van der Waals surface area contributed by atoms with Gasteiger partial charge in [-0.1, -0.05) is 0 Å². The molecule has 2 rings (SSSR count). The van der Waals surface area contributed by atoms with E-state index in [2.05, 4.69) is 17.3 Å². The molecule has 2 atom stereocenters. The number of carbonyl (C=O) groups excluding carboxylic acids is 1. The van der Waals surface area contributed by atoms with Gasteiger partial charge in [-0.25, -0.2) is 0 Å². The maximum atomic E-state index is 12.0. The van der Waals surface area contributed by atoms with Crippen LogP contribution in [-0.2, 0) is 18.3 Å². The zero-order chi connectivity index (χ0) is 14.0. The van der Waals surface area contributed by atoms with Crippen LogP contribution in [0.1, 0.15) is 36.2 Å². The van der Waals surface area contributed by atoms with Crippen LogP contribution in [0, 0.1) is 19.8 Å². The first-order valence-electron chi connectivity index (χ1n) is 7.01. The maximum absolute atomic E-state index is 12.0. The molecule has 1 saturated carbocycles. The summed E-state index contributed by atoms with van der Waals surface area (Å²) in [6, 6.07) is 0.207. The summed E-state index contributed by atoms with van der Waals surface area (Å²) in [5, 5.41) is 7.41. The van der Waals surface area contributed by atoms with Crippen molar-refractivity contribution >= 4 is 18.3 Å². The molecule has 114 valence electrons. The van der Waals surface area contributed by atoms with Crippen LogP contribution >= 0.6 is 12.4 Å². The Hall–Kier alpha value is -1.07. The highest BCUT2D eigenvalue weighted by Crippen LogP contribution is 2.24. The highest BCUT2D eigenvalue weighted by atomic mass is 35.5. The molecule has 1 heterocycles. The van der Waals surface area contributed by atoms with E-state index in [9.17, 15) is 4.79 Å². The second-order valence-corrected chi connectivity index (χ2v) is 5.58. The van der Waals surface area contributed by atoms with E-state index in [0.717, 1.165) is 31.4 Å². The van der Waals surface area contributed by atoms with Crippen LogP contribution in [0.25, 0.3) is 0 Å². The largest absolute Gasteiger partial charge is 0.356 e. The molecular weight excluding hydrogens is 276 g/mol. The molecule has 1 amide bonds. The minimum absolute atomic E-state index is 0. The van der Waals surface area contributed by atoms with E-state index >= 15 is 0 Å². The SMILES string of the molecule is Cc1nn(C)c(C)c1CCNC(=O)C1CCC(N)C1.Cl. The number of hydrogen-bond acceptors (Lipinski definition) is 3. The van der Waals surface area contributed by atoms with Gasteiger partial charge in [0.25, 0.3) is 0 Å². The third-order valence-corrected chi connectivity index (χ3v) is 4.18. The Morgan fingerprint density at radius 3 is 2.65 bits per heavy atom. The minimum Gasteiger partial charge on any atom is -0.356 e. The molecule has 20 heavy (non-hydrogen) atoms. The number of nitrogens with zero attached hydrogens (tertiary/aromatic N) is 2. The zero-order valence-electron chi connectivity index (χ0n) is 12.5. The lowest BCUT2D eigenvalue weighted by Gasteiger charge is -2.10. The molecule has 1 aliphatic rings. The minimum atomic E-state index is 0. The quantitative estimate of drug-likeness (QED) is 0.879. The Kier molecular flexibility index (Phi) is 6.02.